The fourth-order valence-electron chi connectivity index (χ4n) is 1.25. The van der Waals surface area contributed by atoms with E-state index in [0.717, 1.165) is 25.9 Å². The first-order chi connectivity index (χ1) is 5.33. The first-order valence-corrected chi connectivity index (χ1v) is 4.08. The van der Waals surface area contributed by atoms with Crippen LogP contribution < -0.4 is 5.32 Å². The monoisotopic (exact) mass is 154 g/mol. The Morgan fingerprint density at radius 3 is 2.73 bits per heavy atom. The predicted molar refractivity (Wildman–Crippen MR) is 42.1 cm³/mol. The molecule has 62 valence electrons. The molecule has 1 N–H and O–H groups in total. The maximum Gasteiger partial charge on any atom is 0.141 e. The highest BCUT2D eigenvalue weighted by Crippen LogP contribution is 2.09. The van der Waals surface area contributed by atoms with E-state index in [4.69, 9.17) is 10.00 Å². The summed E-state index contributed by atoms with van der Waals surface area (Å²) >= 11 is 0. The minimum atomic E-state index is -0.252. The van der Waals surface area contributed by atoms with Crippen LogP contribution in [0.1, 0.15) is 19.8 Å². The molecule has 0 aliphatic carbocycles. The number of nitrogens with zero attached hydrogens (tertiary/aromatic N) is 1. The third-order valence-corrected chi connectivity index (χ3v) is 1.86. The van der Waals surface area contributed by atoms with E-state index in [2.05, 4.69) is 11.4 Å². The molecule has 0 spiro atoms. The number of nitrogens with one attached hydrogen (secondary N) is 1. The van der Waals surface area contributed by atoms with Crippen LogP contribution in [0.2, 0.25) is 0 Å². The first-order valence-electron chi connectivity index (χ1n) is 4.08. The van der Waals surface area contributed by atoms with Gasteiger partial charge in [0.15, 0.2) is 0 Å². The summed E-state index contributed by atoms with van der Waals surface area (Å²) in [5.41, 5.74) is 0. The fourth-order valence-corrected chi connectivity index (χ4v) is 1.25. The number of ether oxygens (including phenoxy) is 1. The summed E-state index contributed by atoms with van der Waals surface area (Å²) in [5, 5.41) is 11.7. The Labute approximate surface area is 67.3 Å². The Balaban J connectivity index is 2.20. The fraction of sp³-hybridized carbons (Fsp3) is 0.875. The molecule has 3 heteroatoms. The molecule has 1 fully saturated rings. The van der Waals surface area contributed by atoms with E-state index >= 15 is 0 Å². The lowest BCUT2D eigenvalue weighted by Crippen LogP contribution is -2.34. The first kappa shape index (κ1) is 8.51. The number of rotatable bonds is 2. The Bertz CT molecular complexity index is 147. The molecule has 0 aromatic heterocycles. The highest BCUT2D eigenvalue weighted by molar-refractivity contribution is 4.81. The molecule has 0 aromatic carbocycles. The summed E-state index contributed by atoms with van der Waals surface area (Å²) in [6.45, 7) is 3.83. The molecule has 0 amide bonds. The summed E-state index contributed by atoms with van der Waals surface area (Å²) in [5.74, 6) is 0. The van der Waals surface area contributed by atoms with Gasteiger partial charge in [0.05, 0.1) is 12.2 Å². The number of nitriles is 1. The van der Waals surface area contributed by atoms with Gasteiger partial charge in [-0.2, -0.15) is 5.26 Å². The molecule has 1 aliphatic heterocycles. The van der Waals surface area contributed by atoms with Gasteiger partial charge in [0, 0.05) is 0 Å². The second-order valence-electron chi connectivity index (χ2n) is 2.86. The lowest BCUT2D eigenvalue weighted by molar-refractivity contribution is 0.00879. The van der Waals surface area contributed by atoms with Crippen molar-refractivity contribution in [2.24, 2.45) is 0 Å². The Morgan fingerprint density at radius 1 is 1.55 bits per heavy atom. The summed E-state index contributed by atoms with van der Waals surface area (Å²) in [6, 6.07) is 2.07. The topological polar surface area (TPSA) is 45.0 Å². The van der Waals surface area contributed by atoms with Crippen LogP contribution >= 0.6 is 0 Å². The zero-order chi connectivity index (χ0) is 8.10. The van der Waals surface area contributed by atoms with Crippen molar-refractivity contribution in [2.45, 2.75) is 32.0 Å². The van der Waals surface area contributed by atoms with Crippen molar-refractivity contribution in [3.05, 3.63) is 0 Å². The van der Waals surface area contributed by atoms with Crippen LogP contribution in [-0.4, -0.2) is 25.3 Å². The highest BCUT2D eigenvalue weighted by atomic mass is 16.5. The molecule has 1 aliphatic rings. The third-order valence-electron chi connectivity index (χ3n) is 1.86. The van der Waals surface area contributed by atoms with Crippen molar-refractivity contribution >= 4 is 0 Å². The molecule has 0 aromatic rings. The summed E-state index contributed by atoms with van der Waals surface area (Å²) in [7, 11) is 0. The van der Waals surface area contributed by atoms with Gasteiger partial charge in [-0.25, -0.2) is 0 Å². The molecule has 0 bridgehead atoms. The van der Waals surface area contributed by atoms with E-state index in [1.807, 2.05) is 0 Å². The average molecular weight is 154 g/mol. The van der Waals surface area contributed by atoms with Gasteiger partial charge in [-0.1, -0.05) is 0 Å². The Kier molecular flexibility index (Phi) is 3.34. The van der Waals surface area contributed by atoms with Crippen LogP contribution in [0.3, 0.4) is 0 Å². The quantitative estimate of drug-likeness (QED) is 0.635. The van der Waals surface area contributed by atoms with E-state index in [1.54, 1.807) is 6.92 Å². The van der Waals surface area contributed by atoms with Crippen molar-refractivity contribution in [2.75, 3.05) is 13.1 Å². The average Bonchev–Trinajstić information content (AvgIpc) is 2.06. The van der Waals surface area contributed by atoms with E-state index in [-0.39, 0.29) is 6.10 Å². The second kappa shape index (κ2) is 4.32. The summed E-state index contributed by atoms with van der Waals surface area (Å²) in [4.78, 5) is 0. The van der Waals surface area contributed by atoms with Crippen molar-refractivity contribution in [3.8, 4) is 6.07 Å². The minimum absolute atomic E-state index is 0.252. The SMILES string of the molecule is CC(C#N)OC1CCNCC1. The van der Waals surface area contributed by atoms with Gasteiger partial charge < -0.3 is 10.1 Å². The molecule has 3 nitrogen and oxygen atoms in total. The van der Waals surface area contributed by atoms with Gasteiger partial charge in [-0.15, -0.1) is 0 Å². The van der Waals surface area contributed by atoms with Crippen molar-refractivity contribution in [1.82, 2.24) is 5.32 Å². The molecule has 1 heterocycles. The van der Waals surface area contributed by atoms with Crippen LogP contribution in [-0.2, 0) is 4.74 Å². The normalized spacial score (nSPS) is 22.5. The maximum absolute atomic E-state index is 8.47. The lowest BCUT2D eigenvalue weighted by Gasteiger charge is -2.23. The number of hydrogen-bond donors (Lipinski definition) is 1. The third kappa shape index (κ3) is 2.87. The molecular weight excluding hydrogens is 140 g/mol. The minimum Gasteiger partial charge on any atom is -0.360 e. The molecule has 1 unspecified atom stereocenters. The summed E-state index contributed by atoms with van der Waals surface area (Å²) < 4.78 is 5.44. The summed E-state index contributed by atoms with van der Waals surface area (Å²) in [6.07, 6.45) is 2.11. The molecule has 1 atom stereocenters. The van der Waals surface area contributed by atoms with Gasteiger partial charge in [-0.05, 0) is 32.9 Å². The van der Waals surface area contributed by atoms with Gasteiger partial charge in [-0.3, -0.25) is 0 Å². The van der Waals surface area contributed by atoms with Crippen LogP contribution in [0.5, 0.6) is 0 Å². The van der Waals surface area contributed by atoms with Crippen molar-refractivity contribution < 1.29 is 4.74 Å². The molecule has 0 saturated carbocycles. The van der Waals surface area contributed by atoms with Crippen LogP contribution in [0.25, 0.3) is 0 Å². The zero-order valence-corrected chi connectivity index (χ0v) is 6.84. The van der Waals surface area contributed by atoms with Crippen LogP contribution in [0, 0.1) is 11.3 Å². The number of hydrogen-bond acceptors (Lipinski definition) is 3. The Morgan fingerprint density at radius 2 is 2.18 bits per heavy atom. The Hall–Kier alpha value is -0.590. The van der Waals surface area contributed by atoms with E-state index in [9.17, 15) is 0 Å². The van der Waals surface area contributed by atoms with Gasteiger partial charge in [0.2, 0.25) is 0 Å². The van der Waals surface area contributed by atoms with Crippen molar-refractivity contribution in [3.63, 3.8) is 0 Å². The second-order valence-corrected chi connectivity index (χ2v) is 2.86. The van der Waals surface area contributed by atoms with Gasteiger partial charge in [0.25, 0.3) is 0 Å². The highest BCUT2D eigenvalue weighted by Gasteiger charge is 2.15. The van der Waals surface area contributed by atoms with Crippen molar-refractivity contribution in [1.29, 1.82) is 5.26 Å². The molecule has 11 heavy (non-hydrogen) atoms. The van der Waals surface area contributed by atoms with Gasteiger partial charge in [0.1, 0.15) is 6.10 Å². The molecule has 1 saturated heterocycles. The van der Waals surface area contributed by atoms with Gasteiger partial charge >= 0.3 is 0 Å². The molecular formula is C8H14N2O. The molecule has 1 rings (SSSR count). The van der Waals surface area contributed by atoms with E-state index in [0.29, 0.717) is 6.10 Å². The predicted octanol–water partition coefficient (Wildman–Crippen LogP) is 0.667. The van der Waals surface area contributed by atoms with Crippen LogP contribution in [0.4, 0.5) is 0 Å². The van der Waals surface area contributed by atoms with E-state index < -0.39 is 0 Å². The number of piperidine rings is 1. The lowest BCUT2D eigenvalue weighted by atomic mass is 10.1. The van der Waals surface area contributed by atoms with E-state index in [1.165, 1.54) is 0 Å². The maximum atomic E-state index is 8.47. The standard InChI is InChI=1S/C8H14N2O/c1-7(6-9)11-8-2-4-10-5-3-8/h7-8,10H,2-5H2,1H3. The van der Waals surface area contributed by atoms with Crippen LogP contribution in [0.15, 0.2) is 0 Å². The molecule has 0 radical (unpaired) electrons. The largest absolute Gasteiger partial charge is 0.360 e. The smallest absolute Gasteiger partial charge is 0.141 e. The zero-order valence-electron chi connectivity index (χ0n) is 6.84.